The first-order chi connectivity index (χ1) is 9.11. The van der Waals surface area contributed by atoms with Gasteiger partial charge in [-0.25, -0.2) is 4.79 Å². The van der Waals surface area contributed by atoms with E-state index in [1.807, 2.05) is 6.92 Å². The molecule has 0 N–H and O–H groups in total. The third-order valence-corrected chi connectivity index (χ3v) is 5.24. The van der Waals surface area contributed by atoms with Gasteiger partial charge in [-0.3, -0.25) is 0 Å². The van der Waals surface area contributed by atoms with Gasteiger partial charge in [0.2, 0.25) is 0 Å². The van der Waals surface area contributed by atoms with Crippen molar-refractivity contribution >= 4 is 5.97 Å². The van der Waals surface area contributed by atoms with Gasteiger partial charge >= 0.3 is 5.97 Å². The molecule has 0 saturated heterocycles. The molecule has 0 aromatic heterocycles. The molecule has 20 heavy (non-hydrogen) atoms. The van der Waals surface area contributed by atoms with Crippen LogP contribution < -0.4 is 0 Å². The number of esters is 1. The van der Waals surface area contributed by atoms with Crippen molar-refractivity contribution in [2.75, 3.05) is 7.11 Å². The standard InChI is InChI=1S/C18H26O2/c1-11-8-15-14(9-13(11)16(19)20-7)17(3,4)10-12(2)18(15,5)6/h8-9,12H,10H2,1-7H3. The summed E-state index contributed by atoms with van der Waals surface area (Å²) in [5.74, 6) is 0.380. The van der Waals surface area contributed by atoms with Crippen molar-refractivity contribution in [3.63, 3.8) is 0 Å². The number of carbonyl (C=O) groups is 1. The zero-order valence-corrected chi connectivity index (χ0v) is 13.8. The molecule has 0 bridgehead atoms. The Labute approximate surface area is 122 Å². The summed E-state index contributed by atoms with van der Waals surface area (Å²) in [6, 6.07) is 4.25. The normalized spacial score (nSPS) is 23.1. The first-order valence-electron chi connectivity index (χ1n) is 7.35. The van der Waals surface area contributed by atoms with Crippen LogP contribution in [-0.2, 0) is 15.6 Å². The van der Waals surface area contributed by atoms with Gasteiger partial charge in [0.25, 0.3) is 0 Å². The monoisotopic (exact) mass is 274 g/mol. The van der Waals surface area contributed by atoms with Crippen LogP contribution in [0.25, 0.3) is 0 Å². The van der Waals surface area contributed by atoms with Crippen molar-refractivity contribution in [2.24, 2.45) is 5.92 Å². The maximum absolute atomic E-state index is 11.9. The fourth-order valence-electron chi connectivity index (χ4n) is 3.53. The van der Waals surface area contributed by atoms with Crippen molar-refractivity contribution in [1.29, 1.82) is 0 Å². The van der Waals surface area contributed by atoms with Gasteiger partial charge in [0.05, 0.1) is 12.7 Å². The summed E-state index contributed by atoms with van der Waals surface area (Å²) in [7, 11) is 1.44. The molecule has 0 radical (unpaired) electrons. The summed E-state index contributed by atoms with van der Waals surface area (Å²) in [6.45, 7) is 13.5. The number of fused-ring (bicyclic) bond motifs is 1. The maximum atomic E-state index is 11.9. The lowest BCUT2D eigenvalue weighted by atomic mass is 9.58. The molecule has 2 heteroatoms. The van der Waals surface area contributed by atoms with E-state index < -0.39 is 0 Å². The van der Waals surface area contributed by atoms with E-state index in [0.717, 1.165) is 12.0 Å². The Bertz CT molecular complexity index is 553. The zero-order chi connectivity index (χ0) is 15.3. The first kappa shape index (κ1) is 15.1. The van der Waals surface area contributed by atoms with Gasteiger partial charge in [-0.2, -0.15) is 0 Å². The molecule has 2 nitrogen and oxygen atoms in total. The van der Waals surface area contributed by atoms with E-state index in [2.05, 4.69) is 46.8 Å². The van der Waals surface area contributed by atoms with E-state index in [1.54, 1.807) is 0 Å². The molecule has 1 unspecified atom stereocenters. The van der Waals surface area contributed by atoms with Crippen LogP contribution in [0.5, 0.6) is 0 Å². The Kier molecular flexibility index (Phi) is 3.48. The van der Waals surface area contributed by atoms with Crippen molar-refractivity contribution in [1.82, 2.24) is 0 Å². The molecule has 0 fully saturated rings. The highest BCUT2D eigenvalue weighted by atomic mass is 16.5. The Balaban J connectivity index is 2.71. The predicted octanol–water partition coefficient (Wildman–Crippen LogP) is 4.38. The van der Waals surface area contributed by atoms with Crippen LogP contribution in [0.1, 0.15) is 68.1 Å². The summed E-state index contributed by atoms with van der Waals surface area (Å²) < 4.78 is 4.91. The molecule has 1 atom stereocenters. The summed E-state index contributed by atoms with van der Waals surface area (Å²) in [5.41, 5.74) is 4.63. The van der Waals surface area contributed by atoms with Crippen LogP contribution >= 0.6 is 0 Å². The van der Waals surface area contributed by atoms with Crippen LogP contribution in [0.3, 0.4) is 0 Å². The highest BCUT2D eigenvalue weighted by molar-refractivity contribution is 5.91. The van der Waals surface area contributed by atoms with E-state index in [1.165, 1.54) is 18.2 Å². The molecule has 110 valence electrons. The zero-order valence-electron chi connectivity index (χ0n) is 13.8. The highest BCUT2D eigenvalue weighted by Crippen LogP contribution is 2.49. The third kappa shape index (κ3) is 2.15. The lowest BCUT2D eigenvalue weighted by Crippen LogP contribution is -2.40. The molecule has 1 aromatic rings. The quantitative estimate of drug-likeness (QED) is 0.710. The van der Waals surface area contributed by atoms with Crippen LogP contribution in [-0.4, -0.2) is 13.1 Å². The molecular formula is C18H26O2. The Hall–Kier alpha value is -1.31. The molecule has 0 spiro atoms. The van der Waals surface area contributed by atoms with Gasteiger partial charge in [-0.05, 0) is 52.8 Å². The van der Waals surface area contributed by atoms with Crippen molar-refractivity contribution < 1.29 is 9.53 Å². The first-order valence-corrected chi connectivity index (χ1v) is 7.35. The number of hydrogen-bond donors (Lipinski definition) is 0. The smallest absolute Gasteiger partial charge is 0.338 e. The average Bonchev–Trinajstić information content (AvgIpc) is 2.35. The molecule has 0 amide bonds. The van der Waals surface area contributed by atoms with Crippen LogP contribution in [0, 0.1) is 12.8 Å². The topological polar surface area (TPSA) is 26.3 Å². The van der Waals surface area contributed by atoms with E-state index in [0.29, 0.717) is 11.5 Å². The van der Waals surface area contributed by atoms with Gasteiger partial charge in [-0.15, -0.1) is 0 Å². The van der Waals surface area contributed by atoms with E-state index in [-0.39, 0.29) is 16.8 Å². The number of hydrogen-bond acceptors (Lipinski definition) is 2. The van der Waals surface area contributed by atoms with Gasteiger partial charge in [-0.1, -0.05) is 40.7 Å². The molecule has 1 aromatic carbocycles. The molecule has 1 aliphatic carbocycles. The molecule has 0 heterocycles. The number of ether oxygens (including phenoxy) is 1. The second-order valence-corrected chi connectivity index (χ2v) is 7.42. The molecule has 1 aliphatic rings. The average molecular weight is 274 g/mol. The Morgan fingerprint density at radius 2 is 1.80 bits per heavy atom. The fourth-order valence-corrected chi connectivity index (χ4v) is 3.53. The fraction of sp³-hybridized carbons (Fsp3) is 0.611. The minimum atomic E-state index is -0.238. The van der Waals surface area contributed by atoms with E-state index in [9.17, 15) is 4.79 Å². The summed E-state index contributed by atoms with van der Waals surface area (Å²) in [5, 5.41) is 0. The second-order valence-electron chi connectivity index (χ2n) is 7.42. The van der Waals surface area contributed by atoms with Crippen molar-refractivity contribution in [3.8, 4) is 0 Å². The van der Waals surface area contributed by atoms with Gasteiger partial charge in [0, 0.05) is 0 Å². The van der Waals surface area contributed by atoms with Crippen LogP contribution in [0.15, 0.2) is 12.1 Å². The predicted molar refractivity (Wildman–Crippen MR) is 82.4 cm³/mol. The summed E-state index contributed by atoms with van der Waals surface area (Å²) in [6.07, 6.45) is 1.14. The van der Waals surface area contributed by atoms with E-state index >= 15 is 0 Å². The number of benzene rings is 1. The summed E-state index contributed by atoms with van der Waals surface area (Å²) in [4.78, 5) is 11.9. The van der Waals surface area contributed by atoms with E-state index in [4.69, 9.17) is 4.74 Å². The second kappa shape index (κ2) is 4.61. The molecule has 0 saturated carbocycles. The number of rotatable bonds is 1. The SMILES string of the molecule is COC(=O)c1cc2c(cc1C)C(C)(C)C(C)CC2(C)C. The number of methoxy groups -OCH3 is 1. The maximum Gasteiger partial charge on any atom is 0.338 e. The van der Waals surface area contributed by atoms with Crippen molar-refractivity contribution in [2.45, 2.75) is 58.8 Å². The molecule has 0 aliphatic heterocycles. The highest BCUT2D eigenvalue weighted by Gasteiger charge is 2.42. The minimum absolute atomic E-state index is 0.0980. The Morgan fingerprint density at radius 3 is 2.35 bits per heavy atom. The molecular weight excluding hydrogens is 248 g/mol. The lowest BCUT2D eigenvalue weighted by Gasteiger charge is -2.46. The largest absolute Gasteiger partial charge is 0.465 e. The number of aryl methyl sites for hydroxylation is 1. The minimum Gasteiger partial charge on any atom is -0.465 e. The third-order valence-electron chi connectivity index (χ3n) is 5.24. The number of carbonyl (C=O) groups excluding carboxylic acids is 1. The van der Waals surface area contributed by atoms with Crippen LogP contribution in [0.2, 0.25) is 0 Å². The Morgan fingerprint density at radius 1 is 1.20 bits per heavy atom. The van der Waals surface area contributed by atoms with Gasteiger partial charge in [0.1, 0.15) is 0 Å². The van der Waals surface area contributed by atoms with Crippen molar-refractivity contribution in [3.05, 3.63) is 34.4 Å². The van der Waals surface area contributed by atoms with Gasteiger partial charge in [0.15, 0.2) is 0 Å². The van der Waals surface area contributed by atoms with Gasteiger partial charge < -0.3 is 4.74 Å². The molecule has 2 rings (SSSR count). The lowest BCUT2D eigenvalue weighted by molar-refractivity contribution is 0.0599. The summed E-state index contributed by atoms with van der Waals surface area (Å²) >= 11 is 0. The van der Waals surface area contributed by atoms with Crippen LogP contribution in [0.4, 0.5) is 0 Å².